The monoisotopic (exact) mass is 209 g/mol. The predicted octanol–water partition coefficient (Wildman–Crippen LogP) is 0.971. The Morgan fingerprint density at radius 3 is 2.73 bits per heavy atom. The third-order valence-corrected chi connectivity index (χ3v) is 2.36. The molecule has 0 bridgehead atoms. The SMILES string of the molecule is CC(C)(C)Cn1nnnc1CNC1CC1. The summed E-state index contributed by atoms with van der Waals surface area (Å²) in [5, 5.41) is 15.2. The molecule has 2 rings (SSSR count). The van der Waals surface area contributed by atoms with E-state index in [1.54, 1.807) is 0 Å². The second kappa shape index (κ2) is 3.89. The molecular formula is C10H19N5. The number of hydrogen-bond donors (Lipinski definition) is 1. The summed E-state index contributed by atoms with van der Waals surface area (Å²) in [5.41, 5.74) is 0.212. The Kier molecular flexibility index (Phi) is 2.73. The van der Waals surface area contributed by atoms with Gasteiger partial charge in [0.25, 0.3) is 0 Å². The van der Waals surface area contributed by atoms with Crippen molar-refractivity contribution in [3.63, 3.8) is 0 Å². The molecule has 0 radical (unpaired) electrons. The molecule has 15 heavy (non-hydrogen) atoms. The Morgan fingerprint density at radius 2 is 2.13 bits per heavy atom. The summed E-state index contributed by atoms with van der Waals surface area (Å²) in [6, 6.07) is 0.699. The van der Waals surface area contributed by atoms with Gasteiger partial charge in [-0.3, -0.25) is 0 Å². The van der Waals surface area contributed by atoms with Gasteiger partial charge in [0.1, 0.15) is 0 Å². The highest BCUT2D eigenvalue weighted by Crippen LogP contribution is 2.19. The molecule has 0 unspecified atom stereocenters. The molecule has 1 aliphatic rings. The van der Waals surface area contributed by atoms with E-state index in [1.165, 1.54) is 12.8 Å². The van der Waals surface area contributed by atoms with E-state index >= 15 is 0 Å². The van der Waals surface area contributed by atoms with Crippen LogP contribution >= 0.6 is 0 Å². The molecule has 1 aromatic rings. The van der Waals surface area contributed by atoms with Crippen LogP contribution in [0.5, 0.6) is 0 Å². The minimum absolute atomic E-state index is 0.212. The fourth-order valence-electron chi connectivity index (χ4n) is 1.45. The van der Waals surface area contributed by atoms with Gasteiger partial charge in [-0.1, -0.05) is 20.8 Å². The van der Waals surface area contributed by atoms with Gasteiger partial charge in [-0.2, -0.15) is 0 Å². The molecule has 5 nitrogen and oxygen atoms in total. The molecule has 0 aliphatic heterocycles. The highest BCUT2D eigenvalue weighted by molar-refractivity contribution is 4.87. The summed E-state index contributed by atoms with van der Waals surface area (Å²) in [7, 11) is 0. The smallest absolute Gasteiger partial charge is 0.165 e. The molecule has 1 aliphatic carbocycles. The van der Waals surface area contributed by atoms with E-state index in [-0.39, 0.29) is 5.41 Å². The molecule has 0 aromatic carbocycles. The summed E-state index contributed by atoms with van der Waals surface area (Å²) in [6.07, 6.45) is 2.58. The lowest BCUT2D eigenvalue weighted by Crippen LogP contribution is -2.23. The maximum absolute atomic E-state index is 4.04. The Bertz CT molecular complexity index is 321. The summed E-state index contributed by atoms with van der Waals surface area (Å²) in [5.74, 6) is 0.942. The van der Waals surface area contributed by atoms with Crippen molar-refractivity contribution in [2.24, 2.45) is 5.41 Å². The quantitative estimate of drug-likeness (QED) is 0.803. The lowest BCUT2D eigenvalue weighted by molar-refractivity contribution is 0.313. The third-order valence-electron chi connectivity index (χ3n) is 2.36. The summed E-state index contributed by atoms with van der Waals surface area (Å²) >= 11 is 0. The first-order valence-corrected chi connectivity index (χ1v) is 5.53. The van der Waals surface area contributed by atoms with Crippen molar-refractivity contribution in [3.8, 4) is 0 Å². The van der Waals surface area contributed by atoms with E-state index in [9.17, 15) is 0 Å². The Labute approximate surface area is 90.2 Å². The number of tetrazole rings is 1. The standard InChI is InChI=1S/C10H19N5/c1-10(2,3)7-15-9(12-13-14-15)6-11-8-4-5-8/h8,11H,4-7H2,1-3H3. The fraction of sp³-hybridized carbons (Fsp3) is 0.900. The number of hydrogen-bond acceptors (Lipinski definition) is 4. The van der Waals surface area contributed by atoms with Crippen molar-refractivity contribution in [2.45, 2.75) is 52.7 Å². The van der Waals surface area contributed by atoms with E-state index < -0.39 is 0 Å². The first-order valence-electron chi connectivity index (χ1n) is 5.53. The van der Waals surface area contributed by atoms with Crippen LogP contribution in [0.1, 0.15) is 39.4 Å². The fourth-order valence-corrected chi connectivity index (χ4v) is 1.45. The normalized spacial score (nSPS) is 17.0. The molecule has 0 amide bonds. The Balaban J connectivity index is 1.94. The molecule has 0 saturated heterocycles. The first-order chi connectivity index (χ1) is 7.04. The largest absolute Gasteiger partial charge is 0.307 e. The highest BCUT2D eigenvalue weighted by Gasteiger charge is 2.22. The number of nitrogens with zero attached hydrogens (tertiary/aromatic N) is 4. The average molecular weight is 209 g/mol. The molecule has 1 saturated carbocycles. The second-order valence-corrected chi connectivity index (χ2v) is 5.47. The molecule has 84 valence electrons. The number of nitrogens with one attached hydrogen (secondary N) is 1. The van der Waals surface area contributed by atoms with Crippen molar-refractivity contribution in [3.05, 3.63) is 5.82 Å². The van der Waals surface area contributed by atoms with Gasteiger partial charge in [0.05, 0.1) is 6.54 Å². The van der Waals surface area contributed by atoms with E-state index in [0.717, 1.165) is 18.9 Å². The molecule has 1 aromatic heterocycles. The van der Waals surface area contributed by atoms with Crippen molar-refractivity contribution in [2.75, 3.05) is 0 Å². The van der Waals surface area contributed by atoms with Gasteiger partial charge in [-0.15, -0.1) is 5.10 Å². The molecule has 0 atom stereocenters. The predicted molar refractivity (Wildman–Crippen MR) is 57.1 cm³/mol. The van der Waals surface area contributed by atoms with E-state index in [0.29, 0.717) is 6.04 Å². The molecule has 0 spiro atoms. The maximum Gasteiger partial charge on any atom is 0.165 e. The first kappa shape index (κ1) is 10.5. The van der Waals surface area contributed by atoms with Crippen LogP contribution in [0.25, 0.3) is 0 Å². The van der Waals surface area contributed by atoms with Gasteiger partial charge < -0.3 is 5.32 Å². The second-order valence-electron chi connectivity index (χ2n) is 5.47. The van der Waals surface area contributed by atoms with E-state index in [2.05, 4.69) is 41.6 Å². The van der Waals surface area contributed by atoms with E-state index in [1.807, 2.05) is 4.68 Å². The zero-order chi connectivity index (χ0) is 10.9. The topological polar surface area (TPSA) is 55.6 Å². The van der Waals surface area contributed by atoms with Crippen molar-refractivity contribution < 1.29 is 0 Å². The third kappa shape index (κ3) is 3.27. The van der Waals surface area contributed by atoms with Crippen molar-refractivity contribution >= 4 is 0 Å². The van der Waals surface area contributed by atoms with Gasteiger partial charge in [-0.25, -0.2) is 4.68 Å². The van der Waals surface area contributed by atoms with Gasteiger partial charge in [0.15, 0.2) is 5.82 Å². The maximum atomic E-state index is 4.04. The lowest BCUT2D eigenvalue weighted by atomic mass is 9.97. The summed E-state index contributed by atoms with van der Waals surface area (Å²) in [6.45, 7) is 8.21. The van der Waals surface area contributed by atoms with Crippen LogP contribution in [-0.4, -0.2) is 26.2 Å². The molecule has 1 fully saturated rings. The minimum atomic E-state index is 0.212. The minimum Gasteiger partial charge on any atom is -0.307 e. The molecule has 1 heterocycles. The Morgan fingerprint density at radius 1 is 1.40 bits per heavy atom. The van der Waals surface area contributed by atoms with Gasteiger partial charge in [-0.05, 0) is 28.7 Å². The molecule has 5 heteroatoms. The van der Waals surface area contributed by atoms with Crippen LogP contribution in [0, 0.1) is 5.41 Å². The van der Waals surface area contributed by atoms with Crippen LogP contribution in [0.4, 0.5) is 0 Å². The zero-order valence-corrected chi connectivity index (χ0v) is 9.69. The molecule has 1 N–H and O–H groups in total. The number of aromatic nitrogens is 4. The summed E-state index contributed by atoms with van der Waals surface area (Å²) in [4.78, 5) is 0. The molecular weight excluding hydrogens is 190 g/mol. The van der Waals surface area contributed by atoms with Crippen LogP contribution in [-0.2, 0) is 13.1 Å². The van der Waals surface area contributed by atoms with Crippen molar-refractivity contribution in [1.29, 1.82) is 0 Å². The van der Waals surface area contributed by atoms with Gasteiger partial charge >= 0.3 is 0 Å². The lowest BCUT2D eigenvalue weighted by Gasteiger charge is -2.18. The van der Waals surface area contributed by atoms with E-state index in [4.69, 9.17) is 0 Å². The van der Waals surface area contributed by atoms with Crippen LogP contribution in [0.2, 0.25) is 0 Å². The Hall–Kier alpha value is -0.970. The van der Waals surface area contributed by atoms with Crippen LogP contribution < -0.4 is 5.32 Å². The van der Waals surface area contributed by atoms with Crippen LogP contribution in [0.15, 0.2) is 0 Å². The van der Waals surface area contributed by atoms with Gasteiger partial charge in [0.2, 0.25) is 0 Å². The highest BCUT2D eigenvalue weighted by atomic mass is 15.5. The zero-order valence-electron chi connectivity index (χ0n) is 9.69. The average Bonchev–Trinajstić information content (AvgIpc) is 2.84. The summed E-state index contributed by atoms with van der Waals surface area (Å²) < 4.78 is 1.90. The van der Waals surface area contributed by atoms with Gasteiger partial charge in [0, 0.05) is 12.6 Å². The number of rotatable bonds is 4. The van der Waals surface area contributed by atoms with Crippen molar-refractivity contribution in [1.82, 2.24) is 25.5 Å². The van der Waals surface area contributed by atoms with Crippen LogP contribution in [0.3, 0.4) is 0 Å².